The van der Waals surface area contributed by atoms with Gasteiger partial charge >= 0.3 is 0 Å². The summed E-state index contributed by atoms with van der Waals surface area (Å²) in [5.74, 6) is 0. The first kappa shape index (κ1) is 11.0. The normalized spacial score (nSPS) is 24.3. The van der Waals surface area contributed by atoms with E-state index in [0.717, 1.165) is 11.4 Å². The zero-order valence-corrected chi connectivity index (χ0v) is 10.1. The Hall–Kier alpha value is -0.530. The molecule has 1 saturated heterocycles. The molecule has 0 aliphatic carbocycles. The van der Waals surface area contributed by atoms with Gasteiger partial charge in [0.05, 0.1) is 0 Å². The summed E-state index contributed by atoms with van der Waals surface area (Å²) in [6.45, 7) is 4.53. The molecule has 0 unspecified atom stereocenters. The van der Waals surface area contributed by atoms with Crippen LogP contribution in [0, 0.1) is 0 Å². The summed E-state index contributed by atoms with van der Waals surface area (Å²) in [6.07, 6.45) is 3.55. The molecule has 0 amide bonds. The maximum atomic E-state index is 6.15. The summed E-state index contributed by atoms with van der Waals surface area (Å²) in [5, 5.41) is 4.54. The topological polar surface area (TPSA) is 12.0 Å². The van der Waals surface area contributed by atoms with Gasteiger partial charge in [-0.05, 0) is 44.7 Å². The van der Waals surface area contributed by atoms with Crippen molar-refractivity contribution in [1.82, 2.24) is 5.32 Å². The highest BCUT2D eigenvalue weighted by Crippen LogP contribution is 2.26. The second kappa shape index (κ2) is 4.15. The lowest BCUT2D eigenvalue weighted by Gasteiger charge is -2.20. The molecule has 1 heterocycles. The van der Waals surface area contributed by atoms with Crippen LogP contribution < -0.4 is 5.32 Å². The molecular weight excluding hydrogens is 206 g/mol. The molecule has 0 bridgehead atoms. The molecule has 0 spiro atoms. The fourth-order valence-electron chi connectivity index (χ4n) is 2.31. The van der Waals surface area contributed by atoms with E-state index in [0.29, 0.717) is 11.6 Å². The van der Waals surface area contributed by atoms with Crippen LogP contribution in [0.25, 0.3) is 0 Å². The van der Waals surface area contributed by atoms with Crippen LogP contribution in [-0.4, -0.2) is 11.6 Å². The molecule has 0 aromatic heterocycles. The molecule has 15 heavy (non-hydrogen) atoms. The fraction of sp³-hybridized carbons (Fsp3) is 0.538. The van der Waals surface area contributed by atoms with Crippen LogP contribution in [0.2, 0.25) is 5.02 Å². The van der Waals surface area contributed by atoms with Crippen molar-refractivity contribution in [3.05, 3.63) is 34.9 Å². The average molecular weight is 224 g/mol. The van der Waals surface area contributed by atoms with Crippen molar-refractivity contribution in [2.45, 2.75) is 44.7 Å². The molecular formula is C13H18ClN. The molecule has 2 heteroatoms. The second-order valence-electron chi connectivity index (χ2n) is 5.06. The predicted molar refractivity (Wildman–Crippen MR) is 65.4 cm³/mol. The largest absolute Gasteiger partial charge is 0.309 e. The molecule has 1 aliphatic heterocycles. The Labute approximate surface area is 96.8 Å². The monoisotopic (exact) mass is 223 g/mol. The number of nitrogens with one attached hydrogen (secondary N) is 1. The Kier molecular flexibility index (Phi) is 3.03. The molecule has 82 valence electrons. The fourth-order valence-corrected chi connectivity index (χ4v) is 2.53. The first-order valence-corrected chi connectivity index (χ1v) is 5.96. The first-order valence-electron chi connectivity index (χ1n) is 5.58. The van der Waals surface area contributed by atoms with Crippen LogP contribution >= 0.6 is 11.6 Å². The van der Waals surface area contributed by atoms with E-state index >= 15 is 0 Å². The smallest absolute Gasteiger partial charge is 0.0438 e. The summed E-state index contributed by atoms with van der Waals surface area (Å²) < 4.78 is 0. The van der Waals surface area contributed by atoms with Crippen LogP contribution in [0.3, 0.4) is 0 Å². The SMILES string of the molecule is CC1(C)CC[C@H](Cc2ccccc2Cl)N1. The first-order chi connectivity index (χ1) is 7.07. The molecule has 1 aromatic rings. The molecule has 2 rings (SSSR count). The van der Waals surface area contributed by atoms with Crippen molar-refractivity contribution >= 4 is 11.6 Å². The molecule has 1 atom stereocenters. The average Bonchev–Trinajstić information content (AvgIpc) is 2.50. The minimum atomic E-state index is 0.298. The Morgan fingerprint density at radius 2 is 2.13 bits per heavy atom. The highest BCUT2D eigenvalue weighted by molar-refractivity contribution is 6.31. The Balaban J connectivity index is 2.02. The Morgan fingerprint density at radius 3 is 2.73 bits per heavy atom. The highest BCUT2D eigenvalue weighted by Gasteiger charge is 2.29. The lowest BCUT2D eigenvalue weighted by Crippen LogP contribution is -2.38. The summed E-state index contributed by atoms with van der Waals surface area (Å²) in [7, 11) is 0. The van der Waals surface area contributed by atoms with E-state index in [9.17, 15) is 0 Å². The van der Waals surface area contributed by atoms with Gasteiger partial charge in [0.2, 0.25) is 0 Å². The highest BCUT2D eigenvalue weighted by atomic mass is 35.5. The van der Waals surface area contributed by atoms with Gasteiger partial charge in [-0.25, -0.2) is 0 Å². The third-order valence-corrected chi connectivity index (χ3v) is 3.51. The van der Waals surface area contributed by atoms with Gasteiger partial charge in [0.1, 0.15) is 0 Å². The number of rotatable bonds is 2. The quantitative estimate of drug-likeness (QED) is 0.810. The minimum absolute atomic E-state index is 0.298. The maximum absolute atomic E-state index is 6.15. The number of benzene rings is 1. The van der Waals surface area contributed by atoms with Crippen LogP contribution in [0.1, 0.15) is 32.3 Å². The third kappa shape index (κ3) is 2.73. The van der Waals surface area contributed by atoms with E-state index in [1.54, 1.807) is 0 Å². The van der Waals surface area contributed by atoms with Crippen molar-refractivity contribution in [2.75, 3.05) is 0 Å². The van der Waals surface area contributed by atoms with Crippen LogP contribution in [0.15, 0.2) is 24.3 Å². The van der Waals surface area contributed by atoms with Gasteiger partial charge in [-0.15, -0.1) is 0 Å². The number of hydrogen-bond acceptors (Lipinski definition) is 1. The van der Waals surface area contributed by atoms with E-state index in [1.807, 2.05) is 12.1 Å². The molecule has 0 saturated carbocycles. The van der Waals surface area contributed by atoms with E-state index in [-0.39, 0.29) is 0 Å². The molecule has 0 radical (unpaired) electrons. The van der Waals surface area contributed by atoms with Crippen molar-refractivity contribution in [1.29, 1.82) is 0 Å². The van der Waals surface area contributed by atoms with Crippen molar-refractivity contribution in [2.24, 2.45) is 0 Å². The second-order valence-corrected chi connectivity index (χ2v) is 5.47. The summed E-state index contributed by atoms with van der Waals surface area (Å²) in [5.41, 5.74) is 1.56. The standard InChI is InChI=1S/C13H18ClN/c1-13(2)8-7-11(15-13)9-10-5-3-4-6-12(10)14/h3-6,11,15H,7-9H2,1-2H3/t11-/m1/s1. The Morgan fingerprint density at radius 1 is 1.40 bits per heavy atom. The van der Waals surface area contributed by atoms with Gasteiger partial charge in [-0.1, -0.05) is 29.8 Å². The predicted octanol–water partition coefficient (Wildman–Crippen LogP) is 3.41. The molecule has 1 N–H and O–H groups in total. The van der Waals surface area contributed by atoms with E-state index in [4.69, 9.17) is 11.6 Å². The molecule has 1 aliphatic rings. The van der Waals surface area contributed by atoms with E-state index < -0.39 is 0 Å². The maximum Gasteiger partial charge on any atom is 0.0438 e. The van der Waals surface area contributed by atoms with Gasteiger partial charge < -0.3 is 5.32 Å². The van der Waals surface area contributed by atoms with Crippen LogP contribution in [-0.2, 0) is 6.42 Å². The minimum Gasteiger partial charge on any atom is -0.309 e. The van der Waals surface area contributed by atoms with Crippen molar-refractivity contribution < 1.29 is 0 Å². The Bertz CT molecular complexity index is 346. The summed E-state index contributed by atoms with van der Waals surface area (Å²) >= 11 is 6.15. The van der Waals surface area contributed by atoms with Gasteiger partial charge in [0, 0.05) is 16.6 Å². The lowest BCUT2D eigenvalue weighted by molar-refractivity contribution is 0.427. The molecule has 1 aromatic carbocycles. The third-order valence-electron chi connectivity index (χ3n) is 3.14. The number of hydrogen-bond donors (Lipinski definition) is 1. The molecule has 1 nitrogen and oxygen atoms in total. The zero-order chi connectivity index (χ0) is 10.9. The summed E-state index contributed by atoms with van der Waals surface area (Å²) in [4.78, 5) is 0. The van der Waals surface area contributed by atoms with Crippen LogP contribution in [0.4, 0.5) is 0 Å². The van der Waals surface area contributed by atoms with Crippen molar-refractivity contribution in [3.8, 4) is 0 Å². The van der Waals surface area contributed by atoms with Crippen LogP contribution in [0.5, 0.6) is 0 Å². The van der Waals surface area contributed by atoms with Gasteiger partial charge in [0.15, 0.2) is 0 Å². The van der Waals surface area contributed by atoms with E-state index in [2.05, 4.69) is 31.3 Å². The lowest BCUT2D eigenvalue weighted by atomic mass is 10.0. The summed E-state index contributed by atoms with van der Waals surface area (Å²) in [6, 6.07) is 8.71. The van der Waals surface area contributed by atoms with Crippen molar-refractivity contribution in [3.63, 3.8) is 0 Å². The zero-order valence-electron chi connectivity index (χ0n) is 9.39. The number of halogens is 1. The van der Waals surface area contributed by atoms with E-state index in [1.165, 1.54) is 18.4 Å². The molecule has 1 fully saturated rings. The van der Waals surface area contributed by atoms with Gasteiger partial charge in [-0.3, -0.25) is 0 Å². The van der Waals surface area contributed by atoms with Gasteiger partial charge in [-0.2, -0.15) is 0 Å². The van der Waals surface area contributed by atoms with Gasteiger partial charge in [0.25, 0.3) is 0 Å².